The lowest BCUT2D eigenvalue weighted by Crippen LogP contribution is -1.94. The Balaban J connectivity index is 2.46. The molecule has 0 saturated carbocycles. The highest BCUT2D eigenvalue weighted by atomic mass is 32.2. The van der Waals surface area contributed by atoms with Crippen molar-refractivity contribution in [3.63, 3.8) is 0 Å². The summed E-state index contributed by atoms with van der Waals surface area (Å²) in [6.07, 6.45) is 0. The van der Waals surface area contributed by atoms with Crippen LogP contribution < -0.4 is 0 Å². The van der Waals surface area contributed by atoms with Crippen molar-refractivity contribution < 1.29 is 0 Å². The van der Waals surface area contributed by atoms with Gasteiger partial charge in [0, 0.05) is 17.5 Å². The molecule has 92 valence electrons. The molecule has 0 bridgehead atoms. The minimum Gasteiger partial charge on any atom is -0.330 e. The van der Waals surface area contributed by atoms with E-state index in [-0.39, 0.29) is 0 Å². The molecule has 0 aliphatic rings. The van der Waals surface area contributed by atoms with Crippen LogP contribution in [0.25, 0.3) is 11.3 Å². The molecular weight excluding hydrogens is 242 g/mol. The molecule has 1 aromatic carbocycles. The first kappa shape index (κ1) is 12.7. The van der Waals surface area contributed by atoms with Gasteiger partial charge in [0.25, 0.3) is 0 Å². The van der Waals surface area contributed by atoms with E-state index < -0.39 is 0 Å². The fourth-order valence-electron chi connectivity index (χ4n) is 1.89. The van der Waals surface area contributed by atoms with Crippen LogP contribution in [0, 0.1) is 18.3 Å². The van der Waals surface area contributed by atoms with Crippen molar-refractivity contribution >= 4 is 11.8 Å². The van der Waals surface area contributed by atoms with E-state index in [9.17, 15) is 0 Å². The number of aryl methyl sites for hydroxylation is 1. The Bertz CT molecular complexity index is 591. The largest absolute Gasteiger partial charge is 0.330 e. The van der Waals surface area contributed by atoms with Gasteiger partial charge in [-0.15, -0.1) is 11.8 Å². The van der Waals surface area contributed by atoms with E-state index in [4.69, 9.17) is 5.26 Å². The third-order valence-corrected chi connectivity index (χ3v) is 3.76. The maximum Gasteiger partial charge on any atom is 0.166 e. The van der Waals surface area contributed by atoms with Crippen LogP contribution in [0.3, 0.4) is 0 Å². The number of benzene rings is 1. The average molecular weight is 257 g/mol. The maximum atomic E-state index is 9.13. The Morgan fingerprint density at radius 3 is 2.56 bits per heavy atom. The van der Waals surface area contributed by atoms with Gasteiger partial charge >= 0.3 is 0 Å². The van der Waals surface area contributed by atoms with Crippen molar-refractivity contribution in [3.8, 4) is 17.3 Å². The summed E-state index contributed by atoms with van der Waals surface area (Å²) in [6.45, 7) is 4.04. The molecule has 4 heteroatoms. The summed E-state index contributed by atoms with van der Waals surface area (Å²) in [5, 5.41) is 9.13. The molecule has 3 nitrogen and oxygen atoms in total. The molecule has 1 heterocycles. The van der Waals surface area contributed by atoms with Crippen LogP contribution in [0.4, 0.5) is 0 Å². The smallest absolute Gasteiger partial charge is 0.166 e. The lowest BCUT2D eigenvalue weighted by Gasteiger charge is -2.05. The number of hydrogen-bond acceptors (Lipinski definition) is 3. The Kier molecular flexibility index (Phi) is 3.73. The van der Waals surface area contributed by atoms with Crippen molar-refractivity contribution in [3.05, 3.63) is 35.8 Å². The average Bonchev–Trinajstić information content (AvgIpc) is 2.67. The van der Waals surface area contributed by atoms with Gasteiger partial charge in [-0.1, -0.05) is 19.1 Å². The van der Waals surface area contributed by atoms with Gasteiger partial charge in [-0.2, -0.15) is 5.26 Å². The molecular formula is C14H15N3S. The summed E-state index contributed by atoms with van der Waals surface area (Å²) in [7, 11) is 1.94. The fraction of sp³-hybridized carbons (Fsp3) is 0.286. The highest BCUT2D eigenvalue weighted by Gasteiger charge is 2.13. The predicted molar refractivity (Wildman–Crippen MR) is 74.5 cm³/mol. The van der Waals surface area contributed by atoms with Crippen molar-refractivity contribution in [2.75, 3.05) is 5.75 Å². The second-order valence-electron chi connectivity index (χ2n) is 3.98. The summed E-state index contributed by atoms with van der Waals surface area (Å²) < 4.78 is 1.96. The van der Waals surface area contributed by atoms with E-state index in [0.717, 1.165) is 22.8 Å². The molecule has 0 N–H and O–H groups in total. The van der Waals surface area contributed by atoms with Crippen molar-refractivity contribution in [1.82, 2.24) is 9.55 Å². The number of thioether (sulfide) groups is 1. The number of nitriles is 1. The first-order valence-corrected chi connectivity index (χ1v) is 6.82. The zero-order valence-electron chi connectivity index (χ0n) is 10.8. The van der Waals surface area contributed by atoms with Gasteiger partial charge in [0.2, 0.25) is 0 Å². The molecule has 0 aliphatic heterocycles. The SMILES string of the molecule is CCSc1ccc(-c2c(C#N)nc(C)n2C)cc1. The Morgan fingerprint density at radius 2 is 2.00 bits per heavy atom. The molecule has 0 fully saturated rings. The highest BCUT2D eigenvalue weighted by molar-refractivity contribution is 7.99. The summed E-state index contributed by atoms with van der Waals surface area (Å²) in [6, 6.07) is 10.4. The quantitative estimate of drug-likeness (QED) is 0.791. The van der Waals surface area contributed by atoms with E-state index in [0.29, 0.717) is 5.69 Å². The summed E-state index contributed by atoms with van der Waals surface area (Å²) in [4.78, 5) is 5.51. The van der Waals surface area contributed by atoms with Gasteiger partial charge in [-0.3, -0.25) is 0 Å². The van der Waals surface area contributed by atoms with Crippen LogP contribution in [-0.2, 0) is 7.05 Å². The molecule has 18 heavy (non-hydrogen) atoms. The first-order valence-electron chi connectivity index (χ1n) is 5.84. The third kappa shape index (κ3) is 2.27. The molecule has 0 radical (unpaired) electrons. The molecule has 0 saturated heterocycles. The molecule has 2 rings (SSSR count). The number of rotatable bonds is 3. The van der Waals surface area contributed by atoms with Crippen LogP contribution in [0.15, 0.2) is 29.2 Å². The van der Waals surface area contributed by atoms with E-state index in [1.807, 2.05) is 30.3 Å². The minimum atomic E-state index is 0.492. The lowest BCUT2D eigenvalue weighted by atomic mass is 10.1. The van der Waals surface area contributed by atoms with Gasteiger partial charge in [-0.25, -0.2) is 4.98 Å². The van der Waals surface area contributed by atoms with Gasteiger partial charge in [0.05, 0.1) is 5.69 Å². The number of hydrogen-bond donors (Lipinski definition) is 0. The number of nitrogens with zero attached hydrogens (tertiary/aromatic N) is 3. The van der Waals surface area contributed by atoms with Gasteiger partial charge in [-0.05, 0) is 24.8 Å². The number of aromatic nitrogens is 2. The van der Waals surface area contributed by atoms with Crippen LogP contribution in [-0.4, -0.2) is 15.3 Å². The van der Waals surface area contributed by atoms with E-state index in [1.165, 1.54) is 4.90 Å². The van der Waals surface area contributed by atoms with Crippen molar-refractivity contribution in [2.45, 2.75) is 18.7 Å². The van der Waals surface area contributed by atoms with E-state index in [1.54, 1.807) is 0 Å². The normalized spacial score (nSPS) is 10.3. The zero-order chi connectivity index (χ0) is 13.1. The molecule has 0 unspecified atom stereocenters. The fourth-order valence-corrected chi connectivity index (χ4v) is 2.56. The van der Waals surface area contributed by atoms with Crippen LogP contribution >= 0.6 is 11.8 Å². The molecule has 0 amide bonds. The predicted octanol–water partition coefficient (Wildman–Crippen LogP) is 3.38. The second-order valence-corrected chi connectivity index (χ2v) is 5.32. The van der Waals surface area contributed by atoms with Crippen LogP contribution in [0.5, 0.6) is 0 Å². The number of imidazole rings is 1. The second kappa shape index (κ2) is 5.28. The molecule has 0 atom stereocenters. The minimum absolute atomic E-state index is 0.492. The third-order valence-electron chi connectivity index (χ3n) is 2.86. The monoisotopic (exact) mass is 257 g/mol. The Morgan fingerprint density at radius 1 is 1.33 bits per heavy atom. The van der Waals surface area contributed by atoms with Gasteiger partial charge in [0.15, 0.2) is 5.69 Å². The topological polar surface area (TPSA) is 41.6 Å². The van der Waals surface area contributed by atoms with Crippen LogP contribution in [0.1, 0.15) is 18.4 Å². The molecule has 0 aliphatic carbocycles. The van der Waals surface area contributed by atoms with Gasteiger partial charge < -0.3 is 4.57 Å². The van der Waals surface area contributed by atoms with Gasteiger partial charge in [0.1, 0.15) is 11.9 Å². The summed E-state index contributed by atoms with van der Waals surface area (Å²) >= 11 is 1.81. The molecule has 0 spiro atoms. The van der Waals surface area contributed by atoms with E-state index >= 15 is 0 Å². The first-order chi connectivity index (χ1) is 8.67. The standard InChI is InChI=1S/C14H15N3S/c1-4-18-12-7-5-11(6-8-12)14-13(9-15)16-10(2)17(14)3/h5-8H,4H2,1-3H3. The molecule has 1 aromatic heterocycles. The van der Waals surface area contributed by atoms with Crippen LogP contribution in [0.2, 0.25) is 0 Å². The zero-order valence-corrected chi connectivity index (χ0v) is 11.6. The molecule has 2 aromatic rings. The Labute approximate surface area is 111 Å². The summed E-state index contributed by atoms with van der Waals surface area (Å²) in [5.41, 5.74) is 2.42. The van der Waals surface area contributed by atoms with Crippen molar-refractivity contribution in [1.29, 1.82) is 5.26 Å². The highest BCUT2D eigenvalue weighted by Crippen LogP contribution is 2.26. The van der Waals surface area contributed by atoms with Crippen molar-refractivity contribution in [2.24, 2.45) is 7.05 Å². The maximum absolute atomic E-state index is 9.13. The Hall–Kier alpha value is -1.73. The van der Waals surface area contributed by atoms with E-state index in [2.05, 4.69) is 42.2 Å². The lowest BCUT2D eigenvalue weighted by molar-refractivity contribution is 0.865. The summed E-state index contributed by atoms with van der Waals surface area (Å²) in [5.74, 6) is 1.92.